The van der Waals surface area contributed by atoms with Gasteiger partial charge in [-0.05, 0) is 31.5 Å². The number of fused-ring (bicyclic) bond motifs is 1. The zero-order valence-electron chi connectivity index (χ0n) is 9.69. The number of ether oxygens (including phenoxy) is 2. The molecule has 2 N–H and O–H groups in total. The highest BCUT2D eigenvalue weighted by atomic mass is 16.6. The van der Waals surface area contributed by atoms with Crippen molar-refractivity contribution in [1.29, 1.82) is 0 Å². The fraction of sp³-hybridized carbons (Fsp3) is 0.385. The van der Waals surface area contributed by atoms with Crippen molar-refractivity contribution in [2.45, 2.75) is 19.9 Å². The van der Waals surface area contributed by atoms with E-state index < -0.39 is 0 Å². The van der Waals surface area contributed by atoms with Crippen LogP contribution in [0.25, 0.3) is 6.08 Å². The molecule has 1 unspecified atom stereocenters. The molecule has 0 amide bonds. The topological polar surface area (TPSA) is 44.5 Å². The van der Waals surface area contributed by atoms with Gasteiger partial charge in [-0.3, -0.25) is 0 Å². The summed E-state index contributed by atoms with van der Waals surface area (Å²) < 4.78 is 11.0. The Morgan fingerprint density at radius 3 is 2.69 bits per heavy atom. The lowest BCUT2D eigenvalue weighted by Gasteiger charge is -2.18. The third kappa shape index (κ3) is 2.36. The normalized spacial score (nSPS) is 17.1. The zero-order chi connectivity index (χ0) is 11.5. The van der Waals surface area contributed by atoms with Gasteiger partial charge in [0.25, 0.3) is 0 Å². The molecule has 1 aromatic rings. The summed E-state index contributed by atoms with van der Waals surface area (Å²) in [7, 11) is 0. The molecule has 0 fully saturated rings. The van der Waals surface area contributed by atoms with Gasteiger partial charge in [-0.2, -0.15) is 0 Å². The van der Waals surface area contributed by atoms with Crippen molar-refractivity contribution in [1.82, 2.24) is 0 Å². The summed E-state index contributed by atoms with van der Waals surface area (Å²) in [5.41, 5.74) is 8.04. The average molecular weight is 219 g/mol. The van der Waals surface area contributed by atoms with Gasteiger partial charge in [0.2, 0.25) is 0 Å². The molecule has 0 spiro atoms. The van der Waals surface area contributed by atoms with Crippen LogP contribution >= 0.6 is 0 Å². The highest BCUT2D eigenvalue weighted by Gasteiger charge is 2.11. The largest absolute Gasteiger partial charge is 0.486 e. The van der Waals surface area contributed by atoms with Crippen molar-refractivity contribution in [2.75, 3.05) is 13.2 Å². The van der Waals surface area contributed by atoms with Crippen LogP contribution in [-0.2, 0) is 0 Å². The van der Waals surface area contributed by atoms with Gasteiger partial charge in [0.05, 0.1) is 0 Å². The second-order valence-corrected chi connectivity index (χ2v) is 4.08. The van der Waals surface area contributed by atoms with Crippen molar-refractivity contribution >= 4 is 6.08 Å². The van der Waals surface area contributed by atoms with E-state index in [-0.39, 0.29) is 6.04 Å². The molecule has 0 aromatic heterocycles. The first kappa shape index (κ1) is 11.0. The minimum Gasteiger partial charge on any atom is -0.486 e. The van der Waals surface area contributed by atoms with Crippen LogP contribution in [0.2, 0.25) is 0 Å². The lowest BCUT2D eigenvalue weighted by Crippen LogP contribution is -2.16. The molecule has 1 atom stereocenters. The second kappa shape index (κ2) is 4.58. The summed E-state index contributed by atoms with van der Waals surface area (Å²) in [6.45, 7) is 5.25. The van der Waals surface area contributed by atoms with Crippen molar-refractivity contribution < 1.29 is 9.47 Å². The molecule has 3 heteroatoms. The smallest absolute Gasteiger partial charge is 0.161 e. The highest BCUT2D eigenvalue weighted by molar-refractivity contribution is 5.58. The third-order valence-corrected chi connectivity index (χ3v) is 2.68. The highest BCUT2D eigenvalue weighted by Crippen LogP contribution is 2.31. The molecule has 0 radical (unpaired) electrons. The second-order valence-electron chi connectivity index (χ2n) is 4.08. The molecule has 0 aliphatic carbocycles. The molecular formula is C13H17NO2. The summed E-state index contributed by atoms with van der Waals surface area (Å²) in [6.07, 6.45) is 2.07. The molecule has 3 nitrogen and oxygen atoms in total. The number of hydrogen-bond acceptors (Lipinski definition) is 3. The van der Waals surface area contributed by atoms with E-state index in [4.69, 9.17) is 15.2 Å². The van der Waals surface area contributed by atoms with E-state index in [2.05, 4.69) is 6.08 Å². The van der Waals surface area contributed by atoms with Gasteiger partial charge >= 0.3 is 0 Å². The summed E-state index contributed by atoms with van der Waals surface area (Å²) in [5.74, 6) is 1.64. The lowest BCUT2D eigenvalue weighted by atomic mass is 10.1. The number of nitrogens with two attached hydrogens (primary N) is 1. The first-order valence-corrected chi connectivity index (χ1v) is 5.50. The van der Waals surface area contributed by atoms with Gasteiger partial charge in [0.15, 0.2) is 11.5 Å². The Hall–Kier alpha value is -1.48. The molecule has 1 aliphatic rings. The Labute approximate surface area is 95.9 Å². The van der Waals surface area contributed by atoms with Crippen molar-refractivity contribution in [2.24, 2.45) is 5.73 Å². The predicted molar refractivity (Wildman–Crippen MR) is 64.7 cm³/mol. The maximum Gasteiger partial charge on any atom is 0.161 e. The van der Waals surface area contributed by atoms with E-state index >= 15 is 0 Å². The van der Waals surface area contributed by atoms with Crippen molar-refractivity contribution in [3.63, 3.8) is 0 Å². The Bertz CT molecular complexity index is 410. The maximum atomic E-state index is 5.80. The van der Waals surface area contributed by atoms with E-state index in [1.807, 2.05) is 32.0 Å². The molecule has 1 aliphatic heterocycles. The minimum absolute atomic E-state index is 0.0770. The molecule has 0 saturated heterocycles. The predicted octanol–water partition coefficient (Wildman–Crippen LogP) is 2.21. The molecule has 86 valence electrons. The van der Waals surface area contributed by atoms with Gasteiger partial charge in [-0.25, -0.2) is 0 Å². The number of hydrogen-bond donors (Lipinski definition) is 1. The lowest BCUT2D eigenvalue weighted by molar-refractivity contribution is 0.171. The van der Waals surface area contributed by atoms with Crippen LogP contribution in [-0.4, -0.2) is 19.3 Å². The SMILES string of the molecule is C/C(=C\c1ccc2c(c1)OCCO2)C(C)N. The van der Waals surface area contributed by atoms with Gasteiger partial charge in [-0.15, -0.1) is 0 Å². The van der Waals surface area contributed by atoms with E-state index in [1.165, 1.54) is 0 Å². The van der Waals surface area contributed by atoms with Gasteiger partial charge < -0.3 is 15.2 Å². The quantitative estimate of drug-likeness (QED) is 0.829. The zero-order valence-corrected chi connectivity index (χ0v) is 9.69. The van der Waals surface area contributed by atoms with Gasteiger partial charge in [0, 0.05) is 6.04 Å². The van der Waals surface area contributed by atoms with E-state index in [0.29, 0.717) is 13.2 Å². The van der Waals surface area contributed by atoms with Crippen molar-refractivity contribution in [3.8, 4) is 11.5 Å². The fourth-order valence-electron chi connectivity index (χ4n) is 1.54. The molecule has 16 heavy (non-hydrogen) atoms. The molecule has 0 saturated carbocycles. The standard InChI is InChI=1S/C13H17NO2/c1-9(10(2)14)7-11-3-4-12-13(8-11)16-6-5-15-12/h3-4,7-8,10H,5-6,14H2,1-2H3/b9-7+. The van der Waals surface area contributed by atoms with Gasteiger partial charge in [-0.1, -0.05) is 17.7 Å². The van der Waals surface area contributed by atoms with Crippen LogP contribution in [0, 0.1) is 0 Å². The average Bonchev–Trinajstić information content (AvgIpc) is 2.28. The van der Waals surface area contributed by atoms with Crippen molar-refractivity contribution in [3.05, 3.63) is 29.3 Å². The van der Waals surface area contributed by atoms with Crippen LogP contribution in [0.4, 0.5) is 0 Å². The van der Waals surface area contributed by atoms with Crippen LogP contribution in [0.3, 0.4) is 0 Å². The van der Waals surface area contributed by atoms with Gasteiger partial charge in [0.1, 0.15) is 13.2 Å². The number of benzene rings is 1. The first-order chi connectivity index (χ1) is 7.66. The minimum atomic E-state index is 0.0770. The summed E-state index contributed by atoms with van der Waals surface area (Å²) >= 11 is 0. The fourth-order valence-corrected chi connectivity index (χ4v) is 1.54. The summed E-state index contributed by atoms with van der Waals surface area (Å²) in [4.78, 5) is 0. The summed E-state index contributed by atoms with van der Waals surface area (Å²) in [5, 5.41) is 0. The van der Waals surface area contributed by atoms with E-state index in [9.17, 15) is 0 Å². The van der Waals surface area contributed by atoms with E-state index in [0.717, 1.165) is 22.6 Å². The van der Waals surface area contributed by atoms with E-state index in [1.54, 1.807) is 0 Å². The molecule has 0 bridgehead atoms. The van der Waals surface area contributed by atoms with Crippen LogP contribution in [0.15, 0.2) is 23.8 Å². The van der Waals surface area contributed by atoms with Crippen LogP contribution in [0.5, 0.6) is 11.5 Å². The third-order valence-electron chi connectivity index (χ3n) is 2.68. The number of rotatable bonds is 2. The Balaban J connectivity index is 2.27. The molecule has 1 aromatic carbocycles. The molecular weight excluding hydrogens is 202 g/mol. The summed E-state index contributed by atoms with van der Waals surface area (Å²) in [6, 6.07) is 6.02. The molecule has 1 heterocycles. The molecule has 2 rings (SSSR count). The Kier molecular flexibility index (Phi) is 3.15. The Morgan fingerprint density at radius 1 is 1.31 bits per heavy atom. The monoisotopic (exact) mass is 219 g/mol. The first-order valence-electron chi connectivity index (χ1n) is 5.50. The van der Waals surface area contributed by atoms with Crippen LogP contribution < -0.4 is 15.2 Å². The van der Waals surface area contributed by atoms with Crippen LogP contribution in [0.1, 0.15) is 19.4 Å². The maximum absolute atomic E-state index is 5.80. The Morgan fingerprint density at radius 2 is 2.00 bits per heavy atom.